The zero-order valence-corrected chi connectivity index (χ0v) is 16.7. The smallest absolute Gasteiger partial charge is 0.244 e. The Balaban J connectivity index is 1.56. The largest absolute Gasteiger partial charge is 0.379 e. The molecule has 0 spiro atoms. The van der Waals surface area contributed by atoms with Crippen molar-refractivity contribution in [3.63, 3.8) is 0 Å². The molecule has 0 radical (unpaired) electrons. The van der Waals surface area contributed by atoms with Crippen LogP contribution >= 0.6 is 0 Å². The summed E-state index contributed by atoms with van der Waals surface area (Å²) in [7, 11) is 0. The van der Waals surface area contributed by atoms with E-state index in [9.17, 15) is 9.18 Å². The summed E-state index contributed by atoms with van der Waals surface area (Å²) in [5.74, 6) is -0.294. The number of carbonyl (C=O) groups is 1. The van der Waals surface area contributed by atoms with Crippen molar-refractivity contribution in [2.24, 2.45) is 0 Å². The molecule has 0 unspecified atom stereocenters. The van der Waals surface area contributed by atoms with Crippen LogP contribution in [0.3, 0.4) is 0 Å². The standard InChI is InChI=1S/C23H26FN3O2/c1-17-5-8-25-16-21(17)18-6-9-27(10-7-18)23(28)22(26-11-13-29-14-12-26)19-3-2-4-20(24)15-19/h2-6,8,15-16,22H,7,9-14H2,1H3/t22-/m0/s1. The Labute approximate surface area is 170 Å². The summed E-state index contributed by atoms with van der Waals surface area (Å²) in [4.78, 5) is 21.7. The first-order valence-electron chi connectivity index (χ1n) is 10.1. The van der Waals surface area contributed by atoms with Gasteiger partial charge in [-0.15, -0.1) is 0 Å². The number of halogens is 1. The van der Waals surface area contributed by atoms with Gasteiger partial charge >= 0.3 is 0 Å². The Morgan fingerprint density at radius 3 is 2.72 bits per heavy atom. The fourth-order valence-electron chi connectivity index (χ4n) is 4.11. The van der Waals surface area contributed by atoms with Gasteiger partial charge in [-0.1, -0.05) is 18.2 Å². The van der Waals surface area contributed by atoms with Crippen LogP contribution in [0.5, 0.6) is 0 Å². The van der Waals surface area contributed by atoms with Gasteiger partial charge in [0.25, 0.3) is 0 Å². The number of ether oxygens (including phenoxy) is 1. The number of hydrogen-bond donors (Lipinski definition) is 0. The fraction of sp³-hybridized carbons (Fsp3) is 0.391. The van der Waals surface area contributed by atoms with Crippen molar-refractivity contribution in [3.05, 3.63) is 71.3 Å². The van der Waals surface area contributed by atoms with E-state index >= 15 is 0 Å². The summed E-state index contributed by atoms with van der Waals surface area (Å²) in [5.41, 5.74) is 4.27. The van der Waals surface area contributed by atoms with Crippen molar-refractivity contribution >= 4 is 11.5 Å². The third kappa shape index (κ3) is 4.38. The molecule has 0 N–H and O–H groups in total. The third-order valence-corrected chi connectivity index (χ3v) is 5.71. The van der Waals surface area contributed by atoms with E-state index in [-0.39, 0.29) is 11.7 Å². The van der Waals surface area contributed by atoms with Gasteiger partial charge in [0.2, 0.25) is 5.91 Å². The second kappa shape index (κ2) is 8.84. The summed E-state index contributed by atoms with van der Waals surface area (Å²) in [6.45, 7) is 5.78. The highest BCUT2D eigenvalue weighted by Crippen LogP contribution is 2.29. The minimum atomic E-state index is -0.482. The van der Waals surface area contributed by atoms with E-state index in [4.69, 9.17) is 4.74 Å². The van der Waals surface area contributed by atoms with Crippen molar-refractivity contribution in [2.75, 3.05) is 39.4 Å². The Bertz CT molecular complexity index is 909. The molecule has 0 aliphatic carbocycles. The lowest BCUT2D eigenvalue weighted by Crippen LogP contribution is -2.48. The number of nitrogens with zero attached hydrogens (tertiary/aromatic N) is 3. The number of benzene rings is 1. The van der Waals surface area contributed by atoms with Gasteiger partial charge in [0.1, 0.15) is 11.9 Å². The fourth-order valence-corrected chi connectivity index (χ4v) is 4.11. The van der Waals surface area contributed by atoms with Gasteiger partial charge in [-0.3, -0.25) is 14.7 Å². The number of aryl methyl sites for hydroxylation is 1. The first-order valence-corrected chi connectivity index (χ1v) is 10.1. The molecular weight excluding hydrogens is 369 g/mol. The molecule has 1 aromatic carbocycles. The minimum Gasteiger partial charge on any atom is -0.379 e. The van der Waals surface area contributed by atoms with Crippen molar-refractivity contribution in [1.82, 2.24) is 14.8 Å². The molecule has 4 rings (SSSR count). The monoisotopic (exact) mass is 395 g/mol. The molecule has 29 heavy (non-hydrogen) atoms. The van der Waals surface area contributed by atoms with Gasteiger partial charge < -0.3 is 9.64 Å². The maximum absolute atomic E-state index is 13.9. The van der Waals surface area contributed by atoms with Crippen molar-refractivity contribution in [2.45, 2.75) is 19.4 Å². The van der Waals surface area contributed by atoms with Crippen LogP contribution < -0.4 is 0 Å². The summed E-state index contributed by atoms with van der Waals surface area (Å²) >= 11 is 0. The van der Waals surface area contributed by atoms with Gasteiger partial charge in [0, 0.05) is 38.6 Å². The quantitative estimate of drug-likeness (QED) is 0.798. The first-order chi connectivity index (χ1) is 14.1. The predicted molar refractivity (Wildman–Crippen MR) is 110 cm³/mol. The number of amides is 1. The highest BCUT2D eigenvalue weighted by atomic mass is 19.1. The molecule has 5 nitrogen and oxygen atoms in total. The Hall–Kier alpha value is -2.57. The van der Waals surface area contributed by atoms with Crippen LogP contribution in [0.15, 0.2) is 48.8 Å². The molecule has 3 heterocycles. The van der Waals surface area contributed by atoms with Gasteiger partial charge in [-0.05, 0) is 53.8 Å². The van der Waals surface area contributed by atoms with E-state index in [1.807, 2.05) is 23.2 Å². The molecule has 152 valence electrons. The SMILES string of the molecule is Cc1ccncc1C1=CCN(C(=O)[C@H](c2cccc(F)c2)N2CCOCC2)CC1. The lowest BCUT2D eigenvalue weighted by atomic mass is 9.96. The summed E-state index contributed by atoms with van der Waals surface area (Å²) < 4.78 is 19.3. The van der Waals surface area contributed by atoms with Crippen LogP contribution in [0, 0.1) is 12.7 Å². The Morgan fingerprint density at radius 1 is 1.21 bits per heavy atom. The van der Waals surface area contributed by atoms with E-state index in [0.717, 1.165) is 12.0 Å². The van der Waals surface area contributed by atoms with Crippen LogP contribution in [0.2, 0.25) is 0 Å². The van der Waals surface area contributed by atoms with Crippen LogP contribution in [0.1, 0.15) is 29.2 Å². The van der Waals surface area contributed by atoms with E-state index in [2.05, 4.69) is 22.9 Å². The topological polar surface area (TPSA) is 45.7 Å². The zero-order chi connectivity index (χ0) is 20.2. The second-order valence-corrected chi connectivity index (χ2v) is 7.56. The molecule has 1 aromatic heterocycles. The van der Waals surface area contributed by atoms with E-state index < -0.39 is 6.04 Å². The summed E-state index contributed by atoms with van der Waals surface area (Å²) in [6, 6.07) is 7.92. The lowest BCUT2D eigenvalue weighted by Gasteiger charge is -2.37. The molecule has 1 fully saturated rings. The van der Waals surface area contributed by atoms with Gasteiger partial charge in [-0.2, -0.15) is 0 Å². The Morgan fingerprint density at radius 2 is 2.03 bits per heavy atom. The maximum atomic E-state index is 13.9. The number of rotatable bonds is 4. The zero-order valence-electron chi connectivity index (χ0n) is 16.7. The second-order valence-electron chi connectivity index (χ2n) is 7.56. The van der Waals surface area contributed by atoms with Crippen LogP contribution in [0.25, 0.3) is 5.57 Å². The van der Waals surface area contributed by atoms with Gasteiger partial charge in [-0.25, -0.2) is 4.39 Å². The number of carbonyl (C=O) groups excluding carboxylic acids is 1. The van der Waals surface area contributed by atoms with E-state index in [0.29, 0.717) is 45.0 Å². The van der Waals surface area contributed by atoms with Crippen LogP contribution in [0.4, 0.5) is 4.39 Å². The maximum Gasteiger partial charge on any atom is 0.244 e. The van der Waals surface area contributed by atoms with Crippen molar-refractivity contribution < 1.29 is 13.9 Å². The number of hydrogen-bond acceptors (Lipinski definition) is 4. The van der Waals surface area contributed by atoms with E-state index in [1.54, 1.807) is 12.3 Å². The summed E-state index contributed by atoms with van der Waals surface area (Å²) in [6.07, 6.45) is 6.59. The predicted octanol–water partition coefficient (Wildman–Crippen LogP) is 3.22. The summed E-state index contributed by atoms with van der Waals surface area (Å²) in [5, 5.41) is 0. The van der Waals surface area contributed by atoms with E-state index in [1.165, 1.54) is 23.3 Å². The molecule has 0 saturated carbocycles. The minimum absolute atomic E-state index is 0.0238. The molecule has 2 aliphatic heterocycles. The normalized spacial score (nSPS) is 19.0. The highest BCUT2D eigenvalue weighted by molar-refractivity contribution is 5.84. The average molecular weight is 395 g/mol. The van der Waals surface area contributed by atoms with Crippen molar-refractivity contribution in [3.8, 4) is 0 Å². The van der Waals surface area contributed by atoms with Gasteiger partial charge in [0.05, 0.1) is 13.2 Å². The number of morpholine rings is 1. The van der Waals surface area contributed by atoms with Crippen molar-refractivity contribution in [1.29, 1.82) is 0 Å². The molecule has 1 atom stereocenters. The molecule has 1 saturated heterocycles. The molecule has 1 amide bonds. The third-order valence-electron chi connectivity index (χ3n) is 5.71. The average Bonchev–Trinajstić information content (AvgIpc) is 2.75. The lowest BCUT2D eigenvalue weighted by molar-refractivity contribution is -0.138. The molecule has 0 bridgehead atoms. The van der Waals surface area contributed by atoms with Crippen LogP contribution in [-0.4, -0.2) is 60.1 Å². The number of aromatic nitrogens is 1. The first kappa shape index (κ1) is 19.7. The molecule has 2 aliphatic rings. The molecule has 6 heteroatoms. The molecular formula is C23H26FN3O2. The van der Waals surface area contributed by atoms with Crippen LogP contribution in [-0.2, 0) is 9.53 Å². The van der Waals surface area contributed by atoms with Gasteiger partial charge in [0.15, 0.2) is 0 Å². The molecule has 2 aromatic rings. The highest BCUT2D eigenvalue weighted by Gasteiger charge is 2.33. The Kier molecular flexibility index (Phi) is 6.02. The number of pyridine rings is 1.